The average molecular weight is 156 g/mol. The van der Waals surface area contributed by atoms with Crippen LogP contribution in [-0.2, 0) is 0 Å². The second kappa shape index (κ2) is 2.36. The van der Waals surface area contributed by atoms with Gasteiger partial charge in [-0.15, -0.1) is 0 Å². The summed E-state index contributed by atoms with van der Waals surface area (Å²) >= 11 is 0. The monoisotopic (exact) mass is 156 g/mol. The van der Waals surface area contributed by atoms with Crippen LogP contribution in [0.2, 0.25) is 0 Å². The van der Waals surface area contributed by atoms with Gasteiger partial charge in [0.1, 0.15) is 17.5 Å². The molecule has 2 unspecified atom stereocenters. The van der Waals surface area contributed by atoms with E-state index in [0.29, 0.717) is 5.57 Å². The van der Waals surface area contributed by atoms with Gasteiger partial charge in [0, 0.05) is 0 Å². The molecule has 0 aromatic rings. The van der Waals surface area contributed by atoms with Crippen LogP contribution in [0.25, 0.3) is 0 Å². The first-order chi connectivity index (χ1) is 4.96. The molecule has 0 heterocycles. The van der Waals surface area contributed by atoms with Gasteiger partial charge in [-0.25, -0.2) is 0 Å². The smallest absolute Gasteiger partial charge is 0.148 e. The quantitative estimate of drug-likeness (QED) is 0.478. The van der Waals surface area contributed by atoms with E-state index in [1.807, 2.05) is 0 Å². The standard InChI is InChI=1S/C8H12O3/c1-5-3-4-6(9)8(2,11)7(5)10/h3-4,7,9-11H,1-2H3. The fourth-order valence-corrected chi connectivity index (χ4v) is 1.05. The Bertz CT molecular complexity index is 225. The molecule has 2 atom stereocenters. The van der Waals surface area contributed by atoms with E-state index >= 15 is 0 Å². The van der Waals surface area contributed by atoms with Gasteiger partial charge in [0.05, 0.1) is 0 Å². The zero-order valence-electron chi connectivity index (χ0n) is 6.57. The van der Waals surface area contributed by atoms with Crippen molar-refractivity contribution in [2.45, 2.75) is 25.6 Å². The Morgan fingerprint density at radius 1 is 1.45 bits per heavy atom. The third kappa shape index (κ3) is 1.17. The lowest BCUT2D eigenvalue weighted by Crippen LogP contribution is -2.43. The van der Waals surface area contributed by atoms with E-state index < -0.39 is 11.7 Å². The van der Waals surface area contributed by atoms with Crippen LogP contribution in [0.5, 0.6) is 0 Å². The van der Waals surface area contributed by atoms with Crippen LogP contribution in [0, 0.1) is 0 Å². The maximum atomic E-state index is 9.47. The van der Waals surface area contributed by atoms with E-state index in [9.17, 15) is 10.2 Å². The van der Waals surface area contributed by atoms with Crippen LogP contribution in [0.4, 0.5) is 0 Å². The molecule has 3 N–H and O–H groups in total. The van der Waals surface area contributed by atoms with Gasteiger partial charge >= 0.3 is 0 Å². The highest BCUT2D eigenvalue weighted by molar-refractivity contribution is 5.31. The predicted molar refractivity (Wildman–Crippen MR) is 41.1 cm³/mol. The minimum atomic E-state index is -1.53. The summed E-state index contributed by atoms with van der Waals surface area (Å²) in [6.45, 7) is 3.07. The Kier molecular flexibility index (Phi) is 1.78. The van der Waals surface area contributed by atoms with Gasteiger partial charge < -0.3 is 15.3 Å². The first-order valence-electron chi connectivity index (χ1n) is 3.44. The SMILES string of the molecule is CC1=CC=C(O)C(C)(O)C1O. The molecule has 3 heteroatoms. The summed E-state index contributed by atoms with van der Waals surface area (Å²) in [7, 11) is 0. The highest BCUT2D eigenvalue weighted by Gasteiger charge is 2.37. The highest BCUT2D eigenvalue weighted by atomic mass is 16.4. The van der Waals surface area contributed by atoms with Crippen molar-refractivity contribution in [3.63, 3.8) is 0 Å². The van der Waals surface area contributed by atoms with Crippen molar-refractivity contribution in [1.82, 2.24) is 0 Å². The van der Waals surface area contributed by atoms with Gasteiger partial charge in [-0.05, 0) is 25.5 Å². The summed E-state index contributed by atoms with van der Waals surface area (Å²) in [5.74, 6) is -0.199. The molecule has 0 amide bonds. The Morgan fingerprint density at radius 2 is 2.00 bits per heavy atom. The molecule has 0 aromatic carbocycles. The maximum absolute atomic E-state index is 9.47. The van der Waals surface area contributed by atoms with Crippen molar-refractivity contribution in [3.05, 3.63) is 23.5 Å². The summed E-state index contributed by atoms with van der Waals surface area (Å²) < 4.78 is 0. The van der Waals surface area contributed by atoms with E-state index in [1.165, 1.54) is 13.0 Å². The third-order valence-corrected chi connectivity index (χ3v) is 1.99. The summed E-state index contributed by atoms with van der Waals surface area (Å²) in [5, 5.41) is 28.0. The van der Waals surface area contributed by atoms with Gasteiger partial charge in [0.25, 0.3) is 0 Å². The Balaban J connectivity index is 3.03. The highest BCUT2D eigenvalue weighted by Crippen LogP contribution is 2.27. The molecule has 11 heavy (non-hydrogen) atoms. The van der Waals surface area contributed by atoms with Crippen molar-refractivity contribution >= 4 is 0 Å². The molecule has 0 spiro atoms. The Hall–Kier alpha value is -0.800. The van der Waals surface area contributed by atoms with E-state index in [4.69, 9.17) is 5.11 Å². The molecule has 0 aliphatic heterocycles. The largest absolute Gasteiger partial charge is 0.509 e. The van der Waals surface area contributed by atoms with Crippen molar-refractivity contribution < 1.29 is 15.3 Å². The lowest BCUT2D eigenvalue weighted by Gasteiger charge is -2.31. The van der Waals surface area contributed by atoms with Crippen molar-refractivity contribution in [2.75, 3.05) is 0 Å². The van der Waals surface area contributed by atoms with Gasteiger partial charge in [-0.3, -0.25) is 0 Å². The summed E-state index contributed by atoms with van der Waals surface area (Å²) in [6.07, 6.45) is 1.97. The van der Waals surface area contributed by atoms with E-state index in [1.54, 1.807) is 13.0 Å². The second-order valence-electron chi connectivity index (χ2n) is 3.01. The molecule has 3 nitrogen and oxygen atoms in total. The molecular weight excluding hydrogens is 144 g/mol. The molecular formula is C8H12O3. The molecule has 1 rings (SSSR count). The van der Waals surface area contributed by atoms with Crippen molar-refractivity contribution in [3.8, 4) is 0 Å². The molecule has 62 valence electrons. The Morgan fingerprint density at radius 3 is 2.45 bits per heavy atom. The van der Waals surface area contributed by atoms with Crippen molar-refractivity contribution in [1.29, 1.82) is 0 Å². The van der Waals surface area contributed by atoms with Crippen LogP contribution in [-0.4, -0.2) is 27.0 Å². The van der Waals surface area contributed by atoms with Crippen LogP contribution in [0.1, 0.15) is 13.8 Å². The van der Waals surface area contributed by atoms with Gasteiger partial charge in [-0.1, -0.05) is 6.08 Å². The second-order valence-corrected chi connectivity index (χ2v) is 3.01. The van der Waals surface area contributed by atoms with Crippen LogP contribution >= 0.6 is 0 Å². The number of aliphatic hydroxyl groups is 3. The van der Waals surface area contributed by atoms with Crippen LogP contribution in [0.15, 0.2) is 23.5 Å². The third-order valence-electron chi connectivity index (χ3n) is 1.99. The molecule has 0 aromatic heterocycles. The molecule has 1 aliphatic carbocycles. The van der Waals surface area contributed by atoms with E-state index in [2.05, 4.69) is 0 Å². The molecule has 1 aliphatic rings. The minimum absolute atomic E-state index is 0.199. The minimum Gasteiger partial charge on any atom is -0.509 e. The topological polar surface area (TPSA) is 60.7 Å². The number of hydrogen-bond acceptors (Lipinski definition) is 3. The first-order valence-corrected chi connectivity index (χ1v) is 3.44. The number of hydrogen-bond donors (Lipinski definition) is 3. The van der Waals surface area contributed by atoms with Gasteiger partial charge in [0.15, 0.2) is 0 Å². The maximum Gasteiger partial charge on any atom is 0.148 e. The molecule has 0 saturated heterocycles. The Labute approximate surface area is 65.3 Å². The molecule has 0 saturated carbocycles. The summed E-state index contributed by atoms with van der Waals surface area (Å²) in [6, 6.07) is 0. The number of allylic oxidation sites excluding steroid dienone is 2. The fourth-order valence-electron chi connectivity index (χ4n) is 1.05. The zero-order valence-corrected chi connectivity index (χ0v) is 6.57. The van der Waals surface area contributed by atoms with Crippen LogP contribution in [0.3, 0.4) is 0 Å². The van der Waals surface area contributed by atoms with Gasteiger partial charge in [-0.2, -0.15) is 0 Å². The lowest BCUT2D eigenvalue weighted by molar-refractivity contribution is -0.0429. The average Bonchev–Trinajstić information content (AvgIpc) is 1.95. The lowest BCUT2D eigenvalue weighted by atomic mass is 9.87. The number of rotatable bonds is 0. The van der Waals surface area contributed by atoms with E-state index in [0.717, 1.165) is 0 Å². The normalized spacial score (nSPS) is 38.0. The first kappa shape index (κ1) is 8.30. The molecule has 0 fully saturated rings. The summed E-state index contributed by atoms with van der Waals surface area (Å²) in [5.41, 5.74) is -0.883. The zero-order chi connectivity index (χ0) is 8.65. The van der Waals surface area contributed by atoms with Crippen molar-refractivity contribution in [2.24, 2.45) is 0 Å². The van der Waals surface area contributed by atoms with E-state index in [-0.39, 0.29) is 5.76 Å². The fraction of sp³-hybridized carbons (Fsp3) is 0.500. The number of aliphatic hydroxyl groups excluding tert-OH is 2. The predicted octanol–water partition coefficient (Wildman–Crippen LogP) is 0.500. The van der Waals surface area contributed by atoms with Crippen LogP contribution < -0.4 is 0 Å². The molecule has 0 bridgehead atoms. The molecule has 0 radical (unpaired) electrons. The summed E-state index contributed by atoms with van der Waals surface area (Å²) in [4.78, 5) is 0. The van der Waals surface area contributed by atoms with Gasteiger partial charge in [0.2, 0.25) is 0 Å².